The van der Waals surface area contributed by atoms with Crippen LogP contribution in [0.4, 0.5) is 8.78 Å². The van der Waals surface area contributed by atoms with E-state index in [1.54, 1.807) is 12.1 Å². The minimum atomic E-state index is -0.275. The normalized spacial score (nSPS) is 12.7. The molecule has 2 heteroatoms. The van der Waals surface area contributed by atoms with Gasteiger partial charge in [-0.15, -0.1) is 0 Å². The average molecular weight is 373 g/mol. The highest BCUT2D eigenvalue weighted by molar-refractivity contribution is 5.39. The van der Waals surface area contributed by atoms with Crippen LogP contribution in [0.1, 0.15) is 95.9 Å². The van der Waals surface area contributed by atoms with Crippen LogP contribution in [-0.4, -0.2) is 0 Å². The molecule has 2 aromatic carbocycles. The molecule has 0 fully saturated rings. The van der Waals surface area contributed by atoms with E-state index in [0.717, 1.165) is 24.0 Å². The third kappa shape index (κ3) is 4.42. The Hall–Kier alpha value is -1.70. The first-order valence-electron chi connectivity index (χ1n) is 10.2. The first-order valence-corrected chi connectivity index (χ1v) is 10.2. The molecular weight excluding hydrogens is 338 g/mol. The molecule has 27 heavy (non-hydrogen) atoms. The molecule has 0 aliphatic carbocycles. The van der Waals surface area contributed by atoms with E-state index < -0.39 is 0 Å². The van der Waals surface area contributed by atoms with Crippen LogP contribution in [-0.2, 0) is 10.8 Å². The van der Waals surface area contributed by atoms with Crippen LogP contribution in [0.25, 0.3) is 0 Å². The van der Waals surface area contributed by atoms with E-state index in [9.17, 15) is 8.78 Å². The van der Waals surface area contributed by atoms with Crippen molar-refractivity contribution in [1.82, 2.24) is 0 Å². The lowest BCUT2D eigenvalue weighted by molar-refractivity contribution is 0.494. The molecule has 0 unspecified atom stereocenters. The Morgan fingerprint density at radius 2 is 1.07 bits per heavy atom. The number of rotatable bonds is 7. The Labute approximate surface area is 164 Å². The van der Waals surface area contributed by atoms with Gasteiger partial charge in [0.05, 0.1) is 0 Å². The molecular formula is C25H34F2. The van der Waals surface area contributed by atoms with Crippen LogP contribution in [0, 0.1) is 11.6 Å². The molecule has 0 amide bonds. The van der Waals surface area contributed by atoms with Crippen molar-refractivity contribution in [3.05, 3.63) is 70.3 Å². The van der Waals surface area contributed by atoms with Gasteiger partial charge in [0.15, 0.2) is 0 Å². The lowest BCUT2D eigenvalue weighted by atomic mass is 9.79. The molecule has 0 aliphatic rings. The summed E-state index contributed by atoms with van der Waals surface area (Å²) in [6, 6.07) is 11.0. The summed E-state index contributed by atoms with van der Waals surface area (Å²) in [7, 11) is 0. The molecule has 2 rings (SSSR count). The summed E-state index contributed by atoms with van der Waals surface area (Å²) in [4.78, 5) is 0. The van der Waals surface area contributed by atoms with Crippen molar-refractivity contribution >= 4 is 0 Å². The summed E-state index contributed by atoms with van der Waals surface area (Å²) in [6.45, 7) is 14.7. The van der Waals surface area contributed by atoms with Gasteiger partial charge in [-0.2, -0.15) is 0 Å². The second-order valence-electron chi connectivity index (χ2n) is 8.91. The highest BCUT2D eigenvalue weighted by Gasteiger charge is 2.25. The number of hydrogen-bond acceptors (Lipinski definition) is 0. The van der Waals surface area contributed by atoms with Crippen molar-refractivity contribution in [2.24, 2.45) is 0 Å². The molecule has 0 aliphatic heterocycles. The van der Waals surface area contributed by atoms with Gasteiger partial charge in [0, 0.05) is 5.92 Å². The number of hydrogen-bond donors (Lipinski definition) is 0. The highest BCUT2D eigenvalue weighted by Crippen LogP contribution is 2.36. The third-order valence-corrected chi connectivity index (χ3v) is 6.49. The Morgan fingerprint density at radius 3 is 1.33 bits per heavy atom. The fourth-order valence-electron chi connectivity index (χ4n) is 3.48. The maximum Gasteiger partial charge on any atom is 0.127 e. The summed E-state index contributed by atoms with van der Waals surface area (Å²) >= 11 is 0. The van der Waals surface area contributed by atoms with Crippen molar-refractivity contribution in [1.29, 1.82) is 0 Å². The van der Waals surface area contributed by atoms with E-state index in [1.165, 1.54) is 0 Å². The Bertz CT molecular complexity index is 721. The molecule has 0 heterocycles. The molecule has 0 aromatic heterocycles. The quantitative estimate of drug-likeness (QED) is 0.463. The third-order valence-electron chi connectivity index (χ3n) is 6.49. The van der Waals surface area contributed by atoms with Gasteiger partial charge in [0.1, 0.15) is 11.6 Å². The predicted octanol–water partition coefficient (Wildman–Crippen LogP) is 7.88. The Balaban J connectivity index is 2.46. The van der Waals surface area contributed by atoms with Gasteiger partial charge in [-0.25, -0.2) is 8.78 Å². The maximum absolute atomic E-state index is 15.0. The SMILES string of the molecule is CCC(c1ccc(C(C)(C)CC)cc1F)c1ccc(C(C)(C)CC)cc1F. The predicted molar refractivity (Wildman–Crippen MR) is 112 cm³/mol. The van der Waals surface area contributed by atoms with Crippen LogP contribution >= 0.6 is 0 Å². The second kappa shape index (κ2) is 8.12. The van der Waals surface area contributed by atoms with Crippen molar-refractivity contribution in [3.8, 4) is 0 Å². The van der Waals surface area contributed by atoms with Gasteiger partial charge in [-0.05, 0) is 64.5 Å². The molecule has 2 aromatic rings. The molecule has 0 atom stereocenters. The van der Waals surface area contributed by atoms with E-state index in [-0.39, 0.29) is 28.4 Å². The topological polar surface area (TPSA) is 0 Å². The fourth-order valence-corrected chi connectivity index (χ4v) is 3.48. The zero-order valence-corrected chi connectivity index (χ0v) is 17.9. The van der Waals surface area contributed by atoms with E-state index in [1.807, 2.05) is 31.2 Å². The molecule has 0 spiro atoms. The Kier molecular flexibility index (Phi) is 6.50. The zero-order valence-electron chi connectivity index (χ0n) is 17.9. The lowest BCUT2D eigenvalue weighted by Gasteiger charge is -2.26. The largest absolute Gasteiger partial charge is 0.207 e. The molecule has 0 radical (unpaired) electrons. The average Bonchev–Trinajstić information content (AvgIpc) is 2.64. The van der Waals surface area contributed by atoms with Crippen molar-refractivity contribution in [2.75, 3.05) is 0 Å². The van der Waals surface area contributed by atoms with E-state index in [4.69, 9.17) is 0 Å². The molecule has 0 bridgehead atoms. The van der Waals surface area contributed by atoms with E-state index in [2.05, 4.69) is 41.5 Å². The molecule has 0 saturated carbocycles. The van der Waals surface area contributed by atoms with Gasteiger partial charge in [-0.3, -0.25) is 0 Å². The van der Waals surface area contributed by atoms with E-state index >= 15 is 0 Å². The Morgan fingerprint density at radius 1 is 0.704 bits per heavy atom. The summed E-state index contributed by atoms with van der Waals surface area (Å²) in [5, 5.41) is 0. The van der Waals surface area contributed by atoms with Crippen molar-refractivity contribution in [3.63, 3.8) is 0 Å². The highest BCUT2D eigenvalue weighted by atomic mass is 19.1. The maximum atomic E-state index is 15.0. The van der Waals surface area contributed by atoms with Gasteiger partial charge in [0.2, 0.25) is 0 Å². The van der Waals surface area contributed by atoms with Crippen LogP contribution in [0.3, 0.4) is 0 Å². The van der Waals surface area contributed by atoms with Crippen LogP contribution in [0.5, 0.6) is 0 Å². The second-order valence-corrected chi connectivity index (χ2v) is 8.91. The minimum Gasteiger partial charge on any atom is -0.207 e. The number of halogens is 2. The smallest absolute Gasteiger partial charge is 0.127 e. The van der Waals surface area contributed by atoms with Crippen LogP contribution in [0.15, 0.2) is 36.4 Å². The van der Waals surface area contributed by atoms with Crippen LogP contribution in [0.2, 0.25) is 0 Å². The zero-order chi connectivity index (χ0) is 20.4. The molecule has 0 nitrogen and oxygen atoms in total. The number of benzene rings is 2. The molecule has 0 saturated heterocycles. The summed E-state index contributed by atoms with van der Waals surface area (Å²) in [5.74, 6) is -0.751. The van der Waals surface area contributed by atoms with E-state index in [0.29, 0.717) is 17.5 Å². The summed E-state index contributed by atoms with van der Waals surface area (Å²) in [5.41, 5.74) is 2.99. The fraction of sp³-hybridized carbons (Fsp3) is 0.520. The lowest BCUT2D eigenvalue weighted by Crippen LogP contribution is -2.17. The first kappa shape index (κ1) is 21.6. The minimum absolute atomic E-state index is 0.0697. The van der Waals surface area contributed by atoms with Crippen molar-refractivity contribution < 1.29 is 8.78 Å². The van der Waals surface area contributed by atoms with Gasteiger partial charge >= 0.3 is 0 Å². The molecule has 148 valence electrons. The monoisotopic (exact) mass is 372 g/mol. The van der Waals surface area contributed by atoms with Crippen molar-refractivity contribution in [2.45, 2.75) is 84.5 Å². The standard InChI is InChI=1S/C25H34F2/c1-8-19(20-13-11-17(15-22(20)26)24(4,5)9-2)21-14-12-18(16-23(21)27)25(6,7)10-3/h11-16,19H,8-10H2,1-7H3. The van der Waals surface area contributed by atoms with Crippen LogP contribution < -0.4 is 0 Å². The van der Waals surface area contributed by atoms with Gasteiger partial charge < -0.3 is 0 Å². The summed E-state index contributed by atoms with van der Waals surface area (Å²) in [6.07, 6.45) is 2.53. The summed E-state index contributed by atoms with van der Waals surface area (Å²) < 4.78 is 29.9. The first-order chi connectivity index (χ1) is 12.6. The molecule has 0 N–H and O–H groups in total. The van der Waals surface area contributed by atoms with Gasteiger partial charge in [0.25, 0.3) is 0 Å². The van der Waals surface area contributed by atoms with Gasteiger partial charge in [-0.1, -0.05) is 72.7 Å².